The van der Waals surface area contributed by atoms with Crippen molar-refractivity contribution in [2.75, 3.05) is 24.6 Å². The number of pyridine rings is 2. The van der Waals surface area contributed by atoms with E-state index in [4.69, 9.17) is 4.74 Å². The fraction of sp³-hybridized carbons (Fsp3) is 0.348. The molecule has 158 valence electrons. The summed E-state index contributed by atoms with van der Waals surface area (Å²) in [4.78, 5) is 24.2. The van der Waals surface area contributed by atoms with Gasteiger partial charge >= 0.3 is 5.69 Å². The molecule has 5 heterocycles. The Balaban J connectivity index is 1.63. The van der Waals surface area contributed by atoms with Crippen molar-refractivity contribution in [2.45, 2.75) is 25.8 Å². The Morgan fingerprint density at radius 2 is 1.97 bits per heavy atom. The summed E-state index contributed by atoms with van der Waals surface area (Å²) >= 11 is 0. The van der Waals surface area contributed by atoms with Crippen LogP contribution in [0.4, 0.5) is 10.2 Å². The van der Waals surface area contributed by atoms with Gasteiger partial charge in [-0.15, -0.1) is 0 Å². The SMILES string of the molecule is CC1COc2c(-c3ccc(N4CCCC4)nc3)c(F)cc3ncc4c(c23)n1c(=O)n4C. The third-order valence-electron chi connectivity index (χ3n) is 6.49. The number of aryl methyl sites for hydroxylation is 1. The lowest BCUT2D eigenvalue weighted by molar-refractivity contribution is 0.267. The first-order valence-corrected chi connectivity index (χ1v) is 10.6. The summed E-state index contributed by atoms with van der Waals surface area (Å²) in [5.74, 6) is 0.917. The Kier molecular flexibility index (Phi) is 3.87. The molecular formula is C23H22FN5O2. The Bertz CT molecular complexity index is 1400. The van der Waals surface area contributed by atoms with Crippen LogP contribution in [-0.4, -0.2) is 38.8 Å². The molecule has 6 rings (SSSR count). The molecule has 3 aromatic heterocycles. The van der Waals surface area contributed by atoms with Gasteiger partial charge in [0.1, 0.15) is 24.0 Å². The van der Waals surface area contributed by atoms with Crippen molar-refractivity contribution in [3.05, 3.63) is 46.9 Å². The minimum atomic E-state index is -0.413. The molecule has 1 atom stereocenters. The highest BCUT2D eigenvalue weighted by Gasteiger charge is 2.28. The number of ether oxygens (including phenoxy) is 1. The minimum absolute atomic E-state index is 0.129. The van der Waals surface area contributed by atoms with Crippen molar-refractivity contribution in [3.63, 3.8) is 0 Å². The van der Waals surface area contributed by atoms with E-state index >= 15 is 4.39 Å². The van der Waals surface area contributed by atoms with Crippen molar-refractivity contribution in [2.24, 2.45) is 7.05 Å². The molecular weight excluding hydrogens is 397 g/mol. The molecule has 0 saturated carbocycles. The molecule has 1 unspecified atom stereocenters. The molecule has 2 aliphatic heterocycles. The molecule has 1 aromatic carbocycles. The number of aromatic nitrogens is 4. The van der Waals surface area contributed by atoms with E-state index in [1.54, 1.807) is 28.6 Å². The lowest BCUT2D eigenvalue weighted by Crippen LogP contribution is -2.27. The second-order valence-corrected chi connectivity index (χ2v) is 8.42. The van der Waals surface area contributed by atoms with E-state index in [9.17, 15) is 4.79 Å². The van der Waals surface area contributed by atoms with E-state index in [1.807, 2.05) is 19.1 Å². The van der Waals surface area contributed by atoms with E-state index in [1.165, 1.54) is 18.9 Å². The van der Waals surface area contributed by atoms with Crippen LogP contribution in [0.2, 0.25) is 0 Å². The molecule has 0 radical (unpaired) electrons. The number of anilines is 1. The van der Waals surface area contributed by atoms with Gasteiger partial charge in [-0.05, 0) is 31.9 Å². The standard InChI is InChI=1S/C23H22FN5O2/c1-13-12-31-22-19(14-5-6-18(26-10-14)28-7-3-4-8-28)15(24)9-16-20(22)21-17(11-25-16)27(2)23(30)29(13)21/h5-6,9-11,13H,3-4,7-8,12H2,1-2H3. The molecule has 1 fully saturated rings. The van der Waals surface area contributed by atoms with Gasteiger partial charge in [0.2, 0.25) is 0 Å². The van der Waals surface area contributed by atoms with E-state index < -0.39 is 5.82 Å². The first-order chi connectivity index (χ1) is 15.0. The van der Waals surface area contributed by atoms with Gasteiger partial charge in [-0.2, -0.15) is 0 Å². The van der Waals surface area contributed by atoms with Crippen LogP contribution >= 0.6 is 0 Å². The van der Waals surface area contributed by atoms with Crippen LogP contribution in [0.5, 0.6) is 5.75 Å². The molecule has 8 heteroatoms. The molecule has 0 bridgehead atoms. The summed E-state index contributed by atoms with van der Waals surface area (Å²) < 4.78 is 24.8. The number of hydrogen-bond acceptors (Lipinski definition) is 5. The molecule has 0 amide bonds. The minimum Gasteiger partial charge on any atom is -0.490 e. The normalized spacial score (nSPS) is 18.2. The first kappa shape index (κ1) is 18.4. The van der Waals surface area contributed by atoms with Gasteiger partial charge in [0.15, 0.2) is 0 Å². The highest BCUT2D eigenvalue weighted by atomic mass is 19.1. The topological polar surface area (TPSA) is 65.2 Å². The second-order valence-electron chi connectivity index (χ2n) is 8.42. The third kappa shape index (κ3) is 2.54. The van der Waals surface area contributed by atoms with Gasteiger partial charge < -0.3 is 9.64 Å². The molecule has 31 heavy (non-hydrogen) atoms. The zero-order chi connectivity index (χ0) is 21.3. The quantitative estimate of drug-likeness (QED) is 0.496. The molecule has 0 N–H and O–H groups in total. The van der Waals surface area contributed by atoms with Crippen molar-refractivity contribution in [1.82, 2.24) is 19.1 Å². The van der Waals surface area contributed by atoms with E-state index in [-0.39, 0.29) is 18.3 Å². The Labute approximate surface area is 177 Å². The Morgan fingerprint density at radius 3 is 2.71 bits per heavy atom. The fourth-order valence-corrected chi connectivity index (χ4v) is 4.88. The van der Waals surface area contributed by atoms with Gasteiger partial charge in [0.05, 0.1) is 39.7 Å². The maximum Gasteiger partial charge on any atom is 0.329 e. The summed E-state index contributed by atoms with van der Waals surface area (Å²) in [7, 11) is 1.73. The number of benzene rings is 1. The van der Waals surface area contributed by atoms with Crippen molar-refractivity contribution >= 4 is 27.8 Å². The maximum absolute atomic E-state index is 15.4. The van der Waals surface area contributed by atoms with E-state index in [0.29, 0.717) is 33.3 Å². The van der Waals surface area contributed by atoms with Crippen LogP contribution in [0.25, 0.3) is 33.1 Å². The summed E-state index contributed by atoms with van der Waals surface area (Å²) in [5, 5.41) is 0.666. The van der Waals surface area contributed by atoms with Gasteiger partial charge in [0, 0.05) is 38.0 Å². The summed E-state index contributed by atoms with van der Waals surface area (Å²) in [6, 6.07) is 5.06. The highest BCUT2D eigenvalue weighted by molar-refractivity contribution is 6.09. The molecule has 0 spiro atoms. The smallest absolute Gasteiger partial charge is 0.329 e. The largest absolute Gasteiger partial charge is 0.490 e. The van der Waals surface area contributed by atoms with Crippen molar-refractivity contribution in [1.29, 1.82) is 0 Å². The van der Waals surface area contributed by atoms with Crippen molar-refractivity contribution < 1.29 is 9.13 Å². The second kappa shape index (κ2) is 6.54. The Hall–Kier alpha value is -3.42. The average molecular weight is 419 g/mol. The van der Waals surface area contributed by atoms with Gasteiger partial charge in [-0.1, -0.05) is 0 Å². The predicted molar refractivity (Wildman–Crippen MR) is 117 cm³/mol. The zero-order valence-corrected chi connectivity index (χ0v) is 17.4. The molecule has 0 aliphatic carbocycles. The monoisotopic (exact) mass is 419 g/mol. The molecule has 1 saturated heterocycles. The number of rotatable bonds is 2. The van der Waals surface area contributed by atoms with Gasteiger partial charge in [-0.3, -0.25) is 14.1 Å². The molecule has 4 aromatic rings. The highest BCUT2D eigenvalue weighted by Crippen LogP contribution is 2.43. The lowest BCUT2D eigenvalue weighted by Gasteiger charge is -2.18. The first-order valence-electron chi connectivity index (χ1n) is 10.6. The predicted octanol–water partition coefficient (Wildman–Crippen LogP) is 3.64. The van der Waals surface area contributed by atoms with Crippen LogP contribution in [0.15, 0.2) is 35.4 Å². The number of imidazole rings is 1. The van der Waals surface area contributed by atoms with Gasteiger partial charge in [0.25, 0.3) is 0 Å². The average Bonchev–Trinajstić information content (AvgIpc) is 3.35. The third-order valence-corrected chi connectivity index (χ3v) is 6.49. The summed E-state index contributed by atoms with van der Waals surface area (Å²) in [6.07, 6.45) is 5.67. The lowest BCUT2D eigenvalue weighted by atomic mass is 10.0. The van der Waals surface area contributed by atoms with Crippen LogP contribution in [0.1, 0.15) is 25.8 Å². The van der Waals surface area contributed by atoms with E-state index in [2.05, 4.69) is 14.9 Å². The number of halogens is 1. The Morgan fingerprint density at radius 1 is 1.16 bits per heavy atom. The summed E-state index contributed by atoms with van der Waals surface area (Å²) in [5.41, 5.74) is 2.79. The van der Waals surface area contributed by atoms with Crippen LogP contribution in [0.3, 0.4) is 0 Å². The van der Waals surface area contributed by atoms with Crippen molar-refractivity contribution in [3.8, 4) is 16.9 Å². The molecule has 7 nitrogen and oxygen atoms in total. The van der Waals surface area contributed by atoms with E-state index in [0.717, 1.165) is 24.4 Å². The summed E-state index contributed by atoms with van der Waals surface area (Å²) in [6.45, 7) is 4.19. The maximum atomic E-state index is 15.4. The van der Waals surface area contributed by atoms with Crippen LogP contribution in [0, 0.1) is 5.82 Å². The fourth-order valence-electron chi connectivity index (χ4n) is 4.88. The number of nitrogens with zero attached hydrogens (tertiary/aromatic N) is 5. The zero-order valence-electron chi connectivity index (χ0n) is 17.4. The van der Waals surface area contributed by atoms with Gasteiger partial charge in [-0.25, -0.2) is 14.2 Å². The number of hydrogen-bond donors (Lipinski definition) is 0. The molecule has 2 aliphatic rings. The van der Waals surface area contributed by atoms with Crippen LogP contribution in [-0.2, 0) is 7.05 Å². The van der Waals surface area contributed by atoms with Crippen LogP contribution < -0.4 is 15.3 Å².